The highest BCUT2D eigenvalue weighted by atomic mass is 16.3. The zero-order valence-electron chi connectivity index (χ0n) is 11.7. The van der Waals surface area contributed by atoms with Crippen LogP contribution in [0.1, 0.15) is 43.6 Å². The number of benzene rings is 1. The van der Waals surface area contributed by atoms with Gasteiger partial charge in [0.15, 0.2) is 0 Å². The second kappa shape index (κ2) is 6.06. The molecule has 1 saturated heterocycles. The SMILES string of the molecule is OC1CCCCC1CN1CCC(c2ccccc2)C1. The van der Waals surface area contributed by atoms with Crippen molar-refractivity contribution in [3.8, 4) is 0 Å². The molecule has 1 saturated carbocycles. The molecule has 2 nitrogen and oxygen atoms in total. The van der Waals surface area contributed by atoms with E-state index >= 15 is 0 Å². The summed E-state index contributed by atoms with van der Waals surface area (Å²) in [5, 5.41) is 10.1. The van der Waals surface area contributed by atoms with Crippen molar-refractivity contribution in [1.29, 1.82) is 0 Å². The Balaban J connectivity index is 1.54. The van der Waals surface area contributed by atoms with Crippen LogP contribution in [0.25, 0.3) is 0 Å². The first kappa shape index (κ1) is 13.1. The van der Waals surface area contributed by atoms with Gasteiger partial charge in [-0.15, -0.1) is 0 Å². The molecule has 0 aromatic heterocycles. The van der Waals surface area contributed by atoms with Gasteiger partial charge in [-0.25, -0.2) is 0 Å². The summed E-state index contributed by atoms with van der Waals surface area (Å²) in [5.74, 6) is 1.21. The van der Waals surface area contributed by atoms with Gasteiger partial charge in [0.05, 0.1) is 6.10 Å². The van der Waals surface area contributed by atoms with Gasteiger partial charge in [0.25, 0.3) is 0 Å². The minimum Gasteiger partial charge on any atom is -0.393 e. The fraction of sp³-hybridized carbons (Fsp3) is 0.647. The predicted molar refractivity (Wildman–Crippen MR) is 78.2 cm³/mol. The van der Waals surface area contributed by atoms with Crippen molar-refractivity contribution in [1.82, 2.24) is 4.90 Å². The summed E-state index contributed by atoms with van der Waals surface area (Å²) in [4.78, 5) is 2.57. The van der Waals surface area contributed by atoms with E-state index in [1.807, 2.05) is 0 Å². The topological polar surface area (TPSA) is 23.5 Å². The van der Waals surface area contributed by atoms with E-state index in [2.05, 4.69) is 35.2 Å². The number of rotatable bonds is 3. The number of aliphatic hydroxyl groups excluding tert-OH is 1. The standard InChI is InChI=1S/C17H25NO/c19-17-9-5-4-8-16(17)13-18-11-10-15(12-18)14-6-2-1-3-7-14/h1-3,6-7,15-17,19H,4-5,8-13H2. The molecule has 3 rings (SSSR count). The largest absolute Gasteiger partial charge is 0.393 e. The number of likely N-dealkylation sites (tertiary alicyclic amines) is 1. The molecule has 2 fully saturated rings. The van der Waals surface area contributed by atoms with E-state index in [-0.39, 0.29) is 6.10 Å². The van der Waals surface area contributed by atoms with Gasteiger partial charge in [-0.3, -0.25) is 0 Å². The van der Waals surface area contributed by atoms with E-state index in [1.165, 1.54) is 44.3 Å². The van der Waals surface area contributed by atoms with Crippen LogP contribution in [0.15, 0.2) is 30.3 Å². The highest BCUT2D eigenvalue weighted by Crippen LogP contribution is 2.30. The lowest BCUT2D eigenvalue weighted by Crippen LogP contribution is -2.35. The van der Waals surface area contributed by atoms with Crippen LogP contribution in [-0.4, -0.2) is 35.7 Å². The molecule has 1 heterocycles. The van der Waals surface area contributed by atoms with Crippen LogP contribution < -0.4 is 0 Å². The van der Waals surface area contributed by atoms with Gasteiger partial charge >= 0.3 is 0 Å². The van der Waals surface area contributed by atoms with Gasteiger partial charge < -0.3 is 10.0 Å². The van der Waals surface area contributed by atoms with Gasteiger partial charge in [0.1, 0.15) is 0 Å². The number of hydrogen-bond acceptors (Lipinski definition) is 2. The normalized spacial score (nSPS) is 32.6. The summed E-state index contributed by atoms with van der Waals surface area (Å²) in [6.45, 7) is 3.47. The first-order valence-electron chi connectivity index (χ1n) is 7.78. The molecule has 1 N–H and O–H groups in total. The number of aliphatic hydroxyl groups is 1. The summed E-state index contributed by atoms with van der Waals surface area (Å²) >= 11 is 0. The van der Waals surface area contributed by atoms with Crippen LogP contribution in [0, 0.1) is 5.92 Å². The van der Waals surface area contributed by atoms with E-state index in [0.717, 1.165) is 13.0 Å². The maximum Gasteiger partial charge on any atom is 0.0580 e. The first-order valence-corrected chi connectivity index (χ1v) is 7.78. The molecular formula is C17H25NO. The van der Waals surface area contributed by atoms with Crippen molar-refractivity contribution in [2.24, 2.45) is 5.92 Å². The molecule has 2 aliphatic rings. The van der Waals surface area contributed by atoms with E-state index in [9.17, 15) is 5.11 Å². The van der Waals surface area contributed by atoms with E-state index in [4.69, 9.17) is 0 Å². The number of hydrogen-bond donors (Lipinski definition) is 1. The summed E-state index contributed by atoms with van der Waals surface area (Å²) in [7, 11) is 0. The van der Waals surface area contributed by atoms with Crippen molar-refractivity contribution < 1.29 is 5.11 Å². The van der Waals surface area contributed by atoms with Gasteiger partial charge in [0, 0.05) is 13.1 Å². The Morgan fingerprint density at radius 3 is 2.63 bits per heavy atom. The lowest BCUT2D eigenvalue weighted by molar-refractivity contribution is 0.0509. The van der Waals surface area contributed by atoms with Crippen molar-refractivity contribution in [3.05, 3.63) is 35.9 Å². The molecule has 1 aliphatic carbocycles. The Labute approximate surface area is 116 Å². The summed E-state index contributed by atoms with van der Waals surface area (Å²) < 4.78 is 0. The summed E-state index contributed by atoms with van der Waals surface area (Å²) in [6, 6.07) is 10.9. The van der Waals surface area contributed by atoms with Crippen LogP contribution in [0.3, 0.4) is 0 Å². The second-order valence-corrected chi connectivity index (χ2v) is 6.27. The maximum atomic E-state index is 10.1. The molecule has 1 aromatic carbocycles. The zero-order chi connectivity index (χ0) is 13.1. The van der Waals surface area contributed by atoms with Crippen molar-refractivity contribution in [3.63, 3.8) is 0 Å². The molecule has 104 valence electrons. The van der Waals surface area contributed by atoms with Gasteiger partial charge in [-0.05, 0) is 43.2 Å². The third-order valence-electron chi connectivity index (χ3n) is 4.91. The third-order valence-corrected chi connectivity index (χ3v) is 4.91. The van der Waals surface area contributed by atoms with Crippen molar-refractivity contribution >= 4 is 0 Å². The highest BCUT2D eigenvalue weighted by Gasteiger charge is 2.29. The Morgan fingerprint density at radius 2 is 1.84 bits per heavy atom. The van der Waals surface area contributed by atoms with Crippen LogP contribution in [-0.2, 0) is 0 Å². The average molecular weight is 259 g/mol. The fourth-order valence-corrected chi connectivity index (χ4v) is 3.73. The van der Waals surface area contributed by atoms with Gasteiger partial charge in [-0.1, -0.05) is 43.2 Å². The first-order chi connectivity index (χ1) is 9.33. The molecule has 1 aliphatic heterocycles. The molecule has 2 heteroatoms. The molecule has 19 heavy (non-hydrogen) atoms. The highest BCUT2D eigenvalue weighted by molar-refractivity contribution is 5.21. The Morgan fingerprint density at radius 1 is 1.05 bits per heavy atom. The van der Waals surface area contributed by atoms with E-state index < -0.39 is 0 Å². The van der Waals surface area contributed by atoms with Crippen molar-refractivity contribution in [2.75, 3.05) is 19.6 Å². The minimum atomic E-state index is -0.0514. The zero-order valence-corrected chi connectivity index (χ0v) is 11.7. The molecule has 0 bridgehead atoms. The average Bonchev–Trinajstić information content (AvgIpc) is 2.91. The summed E-state index contributed by atoms with van der Waals surface area (Å²) in [6.07, 6.45) is 5.97. The van der Waals surface area contributed by atoms with Crippen molar-refractivity contribution in [2.45, 2.75) is 44.1 Å². The molecule has 3 atom stereocenters. The smallest absolute Gasteiger partial charge is 0.0580 e. The molecular weight excluding hydrogens is 234 g/mol. The number of nitrogens with zero attached hydrogens (tertiary/aromatic N) is 1. The molecule has 0 radical (unpaired) electrons. The van der Waals surface area contributed by atoms with E-state index in [1.54, 1.807) is 0 Å². The van der Waals surface area contributed by atoms with Crippen LogP contribution in [0.4, 0.5) is 0 Å². The molecule has 0 amide bonds. The molecule has 0 spiro atoms. The quantitative estimate of drug-likeness (QED) is 0.902. The minimum absolute atomic E-state index is 0.0514. The van der Waals surface area contributed by atoms with Gasteiger partial charge in [0.2, 0.25) is 0 Å². The monoisotopic (exact) mass is 259 g/mol. The van der Waals surface area contributed by atoms with Gasteiger partial charge in [-0.2, -0.15) is 0 Å². The molecule has 1 aromatic rings. The maximum absolute atomic E-state index is 10.1. The second-order valence-electron chi connectivity index (χ2n) is 6.27. The van der Waals surface area contributed by atoms with Crippen LogP contribution in [0.2, 0.25) is 0 Å². The lowest BCUT2D eigenvalue weighted by atomic mass is 9.86. The Bertz CT molecular complexity index is 392. The lowest BCUT2D eigenvalue weighted by Gasteiger charge is -2.31. The van der Waals surface area contributed by atoms with Crippen LogP contribution in [0.5, 0.6) is 0 Å². The Kier molecular flexibility index (Phi) is 4.19. The molecule has 3 unspecified atom stereocenters. The Hall–Kier alpha value is -0.860. The summed E-state index contributed by atoms with van der Waals surface area (Å²) in [5.41, 5.74) is 1.48. The third kappa shape index (κ3) is 3.18. The predicted octanol–water partition coefficient (Wildman–Crippen LogP) is 3.03. The fourth-order valence-electron chi connectivity index (χ4n) is 3.73. The van der Waals surface area contributed by atoms with E-state index in [0.29, 0.717) is 11.8 Å². The van der Waals surface area contributed by atoms with Crippen LogP contribution >= 0.6 is 0 Å².